The molecule has 2 amide bonds. The van der Waals surface area contributed by atoms with Crippen LogP contribution in [-0.4, -0.2) is 24.1 Å². The second-order valence-electron chi connectivity index (χ2n) is 5.79. The number of Topliss-reactive ketones (excluding diaryl/α,β-unsaturated/α-hetero) is 1. The third-order valence-electron chi connectivity index (χ3n) is 4.04. The fraction of sp³-hybridized carbons (Fsp3) is 0.211. The van der Waals surface area contributed by atoms with Crippen molar-refractivity contribution in [1.82, 2.24) is 0 Å². The van der Waals surface area contributed by atoms with Gasteiger partial charge in [-0.05, 0) is 49.7 Å². The smallest absolute Gasteiger partial charge is 0.255 e. The zero-order chi connectivity index (χ0) is 17.1. The molecular formula is C19H18N2O3. The molecule has 0 unspecified atom stereocenters. The molecule has 1 N–H and O–H groups in total. The Morgan fingerprint density at radius 3 is 2.42 bits per heavy atom. The van der Waals surface area contributed by atoms with Gasteiger partial charge >= 0.3 is 0 Å². The Hall–Kier alpha value is -2.95. The monoisotopic (exact) mass is 322 g/mol. The molecule has 0 radical (unpaired) electrons. The average molecular weight is 322 g/mol. The predicted octanol–water partition coefficient (Wildman–Crippen LogP) is 3.27. The molecule has 2 aromatic carbocycles. The number of benzene rings is 2. The lowest BCUT2D eigenvalue weighted by Crippen LogP contribution is -2.23. The van der Waals surface area contributed by atoms with Gasteiger partial charge in [0, 0.05) is 35.5 Å². The first kappa shape index (κ1) is 15.9. The van der Waals surface area contributed by atoms with E-state index < -0.39 is 0 Å². The Balaban J connectivity index is 1.72. The summed E-state index contributed by atoms with van der Waals surface area (Å²) in [6, 6.07) is 13.8. The molecule has 24 heavy (non-hydrogen) atoms. The number of hydrogen-bond acceptors (Lipinski definition) is 3. The van der Waals surface area contributed by atoms with Crippen LogP contribution in [0, 0.1) is 0 Å². The Kier molecular flexibility index (Phi) is 4.42. The van der Waals surface area contributed by atoms with Gasteiger partial charge < -0.3 is 10.2 Å². The van der Waals surface area contributed by atoms with Crippen molar-refractivity contribution in [1.29, 1.82) is 0 Å². The van der Waals surface area contributed by atoms with Crippen LogP contribution in [0.4, 0.5) is 11.4 Å². The van der Waals surface area contributed by atoms with E-state index in [1.807, 2.05) is 0 Å². The van der Waals surface area contributed by atoms with Crippen molar-refractivity contribution in [2.24, 2.45) is 0 Å². The van der Waals surface area contributed by atoms with Crippen LogP contribution in [0.2, 0.25) is 0 Å². The highest BCUT2D eigenvalue weighted by Gasteiger charge is 2.21. The molecule has 5 nitrogen and oxygen atoms in total. The summed E-state index contributed by atoms with van der Waals surface area (Å²) in [5, 5.41) is 2.78. The first-order valence-electron chi connectivity index (χ1n) is 7.87. The van der Waals surface area contributed by atoms with Crippen molar-refractivity contribution in [3.05, 3.63) is 59.7 Å². The summed E-state index contributed by atoms with van der Waals surface area (Å²) in [6.07, 6.45) is 1.45. The van der Waals surface area contributed by atoms with Crippen molar-refractivity contribution in [3.63, 3.8) is 0 Å². The van der Waals surface area contributed by atoms with Crippen LogP contribution in [0.5, 0.6) is 0 Å². The molecule has 0 aliphatic carbocycles. The number of carbonyl (C=O) groups excluding carboxylic acids is 3. The Labute approximate surface area is 140 Å². The molecule has 1 aliphatic rings. The number of rotatable bonds is 4. The molecule has 1 saturated heterocycles. The molecule has 0 aromatic heterocycles. The van der Waals surface area contributed by atoms with Crippen LogP contribution < -0.4 is 10.2 Å². The minimum Gasteiger partial charge on any atom is -0.322 e. The molecule has 1 heterocycles. The first-order valence-corrected chi connectivity index (χ1v) is 7.87. The van der Waals surface area contributed by atoms with Gasteiger partial charge in [0.2, 0.25) is 5.91 Å². The van der Waals surface area contributed by atoms with Gasteiger partial charge in [-0.2, -0.15) is 0 Å². The molecule has 0 atom stereocenters. The quantitative estimate of drug-likeness (QED) is 0.879. The van der Waals surface area contributed by atoms with Gasteiger partial charge in [-0.1, -0.05) is 12.1 Å². The summed E-state index contributed by atoms with van der Waals surface area (Å²) in [6.45, 7) is 2.21. The van der Waals surface area contributed by atoms with Crippen molar-refractivity contribution in [3.8, 4) is 0 Å². The Bertz CT molecular complexity index is 797. The van der Waals surface area contributed by atoms with E-state index in [2.05, 4.69) is 5.32 Å². The van der Waals surface area contributed by atoms with E-state index in [-0.39, 0.29) is 17.6 Å². The highest BCUT2D eigenvalue weighted by molar-refractivity contribution is 6.05. The van der Waals surface area contributed by atoms with Crippen LogP contribution >= 0.6 is 0 Å². The predicted molar refractivity (Wildman–Crippen MR) is 92.4 cm³/mol. The zero-order valence-electron chi connectivity index (χ0n) is 13.4. The number of ketones is 1. The van der Waals surface area contributed by atoms with Gasteiger partial charge in [-0.25, -0.2) is 0 Å². The number of carbonyl (C=O) groups is 3. The molecule has 0 saturated carbocycles. The maximum atomic E-state index is 12.3. The molecule has 1 fully saturated rings. The first-order chi connectivity index (χ1) is 11.5. The third-order valence-corrected chi connectivity index (χ3v) is 4.04. The molecule has 5 heteroatoms. The zero-order valence-corrected chi connectivity index (χ0v) is 13.4. The van der Waals surface area contributed by atoms with Gasteiger partial charge in [0.1, 0.15) is 0 Å². The van der Waals surface area contributed by atoms with Crippen LogP contribution in [0.15, 0.2) is 48.5 Å². The van der Waals surface area contributed by atoms with E-state index in [1.165, 1.54) is 6.92 Å². The molecular weight excluding hydrogens is 304 g/mol. The largest absolute Gasteiger partial charge is 0.322 e. The lowest BCUT2D eigenvalue weighted by atomic mass is 10.1. The van der Waals surface area contributed by atoms with E-state index in [9.17, 15) is 14.4 Å². The number of hydrogen-bond donors (Lipinski definition) is 1. The van der Waals surface area contributed by atoms with Gasteiger partial charge in [0.15, 0.2) is 5.78 Å². The van der Waals surface area contributed by atoms with Crippen LogP contribution in [0.3, 0.4) is 0 Å². The second-order valence-corrected chi connectivity index (χ2v) is 5.79. The summed E-state index contributed by atoms with van der Waals surface area (Å²) in [5.41, 5.74) is 2.44. The SMILES string of the molecule is CC(=O)c1cccc(NC(=O)c2ccc(N3CCCC3=O)cc2)c1. The normalized spacial score (nSPS) is 13.9. The highest BCUT2D eigenvalue weighted by atomic mass is 16.2. The molecule has 2 aromatic rings. The van der Waals surface area contributed by atoms with E-state index in [0.717, 1.165) is 18.7 Å². The topological polar surface area (TPSA) is 66.5 Å². The minimum absolute atomic E-state index is 0.0502. The molecule has 0 spiro atoms. The maximum Gasteiger partial charge on any atom is 0.255 e. The Morgan fingerprint density at radius 2 is 1.79 bits per heavy atom. The van der Waals surface area contributed by atoms with Crippen LogP contribution in [0.25, 0.3) is 0 Å². The van der Waals surface area contributed by atoms with Crippen molar-refractivity contribution < 1.29 is 14.4 Å². The van der Waals surface area contributed by atoms with Crippen LogP contribution in [0.1, 0.15) is 40.5 Å². The van der Waals surface area contributed by atoms with Gasteiger partial charge in [-0.15, -0.1) is 0 Å². The van der Waals surface area contributed by atoms with Crippen LogP contribution in [-0.2, 0) is 4.79 Å². The molecule has 1 aliphatic heterocycles. The van der Waals surface area contributed by atoms with Crippen molar-refractivity contribution in [2.45, 2.75) is 19.8 Å². The fourth-order valence-corrected chi connectivity index (χ4v) is 2.73. The highest BCUT2D eigenvalue weighted by Crippen LogP contribution is 2.22. The van der Waals surface area contributed by atoms with Gasteiger partial charge in [0.05, 0.1) is 0 Å². The van der Waals surface area contributed by atoms with E-state index in [1.54, 1.807) is 53.4 Å². The summed E-state index contributed by atoms with van der Waals surface area (Å²) < 4.78 is 0. The molecule has 122 valence electrons. The lowest BCUT2D eigenvalue weighted by molar-refractivity contribution is -0.117. The maximum absolute atomic E-state index is 12.3. The van der Waals surface area contributed by atoms with E-state index >= 15 is 0 Å². The number of anilines is 2. The van der Waals surface area contributed by atoms with E-state index in [0.29, 0.717) is 23.2 Å². The molecule has 0 bridgehead atoms. The van der Waals surface area contributed by atoms with Crippen molar-refractivity contribution in [2.75, 3.05) is 16.8 Å². The lowest BCUT2D eigenvalue weighted by Gasteiger charge is -2.15. The number of amides is 2. The average Bonchev–Trinajstić information content (AvgIpc) is 3.01. The number of nitrogens with one attached hydrogen (secondary N) is 1. The molecule has 3 rings (SSSR count). The second kappa shape index (κ2) is 6.66. The summed E-state index contributed by atoms with van der Waals surface area (Å²) >= 11 is 0. The third kappa shape index (κ3) is 3.35. The van der Waals surface area contributed by atoms with Gasteiger partial charge in [-0.3, -0.25) is 14.4 Å². The standard InChI is InChI=1S/C19H18N2O3/c1-13(22)15-4-2-5-16(12-15)20-19(24)14-7-9-17(10-8-14)21-11-3-6-18(21)23/h2,4-5,7-10,12H,3,6,11H2,1H3,(H,20,24). The summed E-state index contributed by atoms with van der Waals surface area (Å²) in [5.74, 6) is -0.186. The Morgan fingerprint density at radius 1 is 1.04 bits per heavy atom. The summed E-state index contributed by atoms with van der Waals surface area (Å²) in [7, 11) is 0. The van der Waals surface area contributed by atoms with E-state index in [4.69, 9.17) is 0 Å². The summed E-state index contributed by atoms with van der Waals surface area (Å²) in [4.78, 5) is 37.2. The minimum atomic E-state index is -0.255. The van der Waals surface area contributed by atoms with Crippen molar-refractivity contribution >= 4 is 29.0 Å². The fourth-order valence-electron chi connectivity index (χ4n) is 2.73. The number of nitrogens with zero attached hydrogens (tertiary/aromatic N) is 1. The van der Waals surface area contributed by atoms with Gasteiger partial charge in [0.25, 0.3) is 5.91 Å².